The Labute approximate surface area is 164 Å². The largest absolute Gasteiger partial charge is 0.471 e. The van der Waals surface area contributed by atoms with E-state index in [1.54, 1.807) is 0 Å². The molecule has 6 nitrogen and oxygen atoms in total. The predicted molar refractivity (Wildman–Crippen MR) is 105 cm³/mol. The molecule has 0 radical (unpaired) electrons. The third kappa shape index (κ3) is 4.40. The Bertz CT molecular complexity index is 793. The summed E-state index contributed by atoms with van der Waals surface area (Å²) < 4.78 is 16.6. The lowest BCUT2D eigenvalue weighted by molar-refractivity contribution is -0.152. The molecule has 1 N–H and O–H groups in total. The van der Waals surface area contributed by atoms with Gasteiger partial charge in [0.2, 0.25) is 11.4 Å². The number of hydrogen-bond donors (Lipinski definition) is 1. The number of carbonyl (C=O) groups is 1. The van der Waals surface area contributed by atoms with Crippen LogP contribution in [0.5, 0.6) is 0 Å². The van der Waals surface area contributed by atoms with E-state index >= 15 is 0 Å². The van der Waals surface area contributed by atoms with Gasteiger partial charge in [-0.2, -0.15) is 0 Å². The number of benzene rings is 2. The van der Waals surface area contributed by atoms with Gasteiger partial charge in [-0.15, -0.1) is 0 Å². The summed E-state index contributed by atoms with van der Waals surface area (Å²) in [5, 5.41) is 9.99. The maximum absolute atomic E-state index is 12.4. The molecule has 2 atom stereocenters. The van der Waals surface area contributed by atoms with Crippen molar-refractivity contribution in [3.8, 4) is 0 Å². The van der Waals surface area contributed by atoms with Crippen LogP contribution in [0.15, 0.2) is 65.7 Å². The summed E-state index contributed by atoms with van der Waals surface area (Å²) in [6.45, 7) is 0.559. The van der Waals surface area contributed by atoms with Crippen molar-refractivity contribution in [2.75, 3.05) is 20.3 Å². The van der Waals surface area contributed by atoms with Gasteiger partial charge in [0.15, 0.2) is 0 Å². The molecular weight excluding hydrogens is 358 g/mol. The maximum atomic E-state index is 12.4. The fraction of sp³-hybridized carbons (Fsp3) is 0.364. The summed E-state index contributed by atoms with van der Waals surface area (Å²) in [6, 6.07) is 19.2. The second kappa shape index (κ2) is 9.48. The van der Waals surface area contributed by atoms with E-state index < -0.39 is 24.2 Å². The Morgan fingerprint density at radius 3 is 2.46 bits per heavy atom. The first-order valence-electron chi connectivity index (χ1n) is 9.32. The van der Waals surface area contributed by atoms with Gasteiger partial charge in [0.25, 0.3) is 0 Å². The van der Waals surface area contributed by atoms with Crippen molar-refractivity contribution in [3.05, 3.63) is 71.8 Å². The van der Waals surface area contributed by atoms with Gasteiger partial charge in [-0.05, 0) is 30.5 Å². The molecule has 0 spiro atoms. The minimum Gasteiger partial charge on any atom is -0.471 e. The van der Waals surface area contributed by atoms with Gasteiger partial charge in [-0.1, -0.05) is 48.5 Å². The van der Waals surface area contributed by atoms with Crippen molar-refractivity contribution >= 4 is 11.9 Å². The highest BCUT2D eigenvalue weighted by Crippen LogP contribution is 2.32. The highest BCUT2D eigenvalue weighted by molar-refractivity contribution is 5.99. The Morgan fingerprint density at radius 2 is 1.82 bits per heavy atom. The van der Waals surface area contributed by atoms with Crippen molar-refractivity contribution in [2.45, 2.75) is 31.1 Å². The number of aliphatic imine (C=N–C) groups is 1. The highest BCUT2D eigenvalue weighted by Gasteiger charge is 2.53. The zero-order chi connectivity index (χ0) is 19.8. The van der Waals surface area contributed by atoms with Crippen LogP contribution in [0.3, 0.4) is 0 Å². The first-order chi connectivity index (χ1) is 13.7. The van der Waals surface area contributed by atoms with Crippen LogP contribution in [-0.2, 0) is 25.6 Å². The number of hydrogen-bond acceptors (Lipinski definition) is 6. The van der Waals surface area contributed by atoms with Crippen LogP contribution in [0.25, 0.3) is 0 Å². The van der Waals surface area contributed by atoms with E-state index in [1.807, 2.05) is 60.7 Å². The quantitative estimate of drug-likeness (QED) is 0.532. The lowest BCUT2D eigenvalue weighted by Gasteiger charge is -2.26. The Morgan fingerprint density at radius 1 is 1.14 bits per heavy atom. The van der Waals surface area contributed by atoms with E-state index in [9.17, 15) is 9.90 Å². The average molecular weight is 383 g/mol. The number of carbonyl (C=O) groups excluding carboxylic acids is 1. The van der Waals surface area contributed by atoms with Crippen LogP contribution in [0.4, 0.5) is 0 Å². The van der Waals surface area contributed by atoms with Crippen LogP contribution in [-0.4, -0.2) is 48.9 Å². The topological polar surface area (TPSA) is 77.4 Å². The number of aliphatic hydroxyl groups excluding tert-OH is 1. The van der Waals surface area contributed by atoms with Crippen molar-refractivity contribution in [1.82, 2.24) is 0 Å². The van der Waals surface area contributed by atoms with Gasteiger partial charge in [0, 0.05) is 12.2 Å². The standard InChI is InChI=1S/C22H25NO5/c1-26-21(25)22(16-24)19(28-20(23-22)18-11-6-3-7-12-18)13-8-14-27-15-17-9-4-2-5-10-17/h2-7,9-12,19,24H,8,13-16H2,1H3/t19-,22-/m0/s1. The molecule has 28 heavy (non-hydrogen) atoms. The summed E-state index contributed by atoms with van der Waals surface area (Å²) in [4.78, 5) is 16.9. The lowest BCUT2D eigenvalue weighted by Crippen LogP contribution is -2.49. The van der Waals surface area contributed by atoms with Gasteiger partial charge in [0.1, 0.15) is 6.10 Å². The minimum atomic E-state index is -1.45. The van der Waals surface area contributed by atoms with Crippen LogP contribution < -0.4 is 0 Å². The molecular formula is C22H25NO5. The van der Waals surface area contributed by atoms with E-state index in [0.717, 1.165) is 11.1 Å². The van der Waals surface area contributed by atoms with E-state index in [4.69, 9.17) is 14.2 Å². The number of ether oxygens (including phenoxy) is 3. The third-order valence-corrected chi connectivity index (χ3v) is 4.75. The first-order valence-corrected chi connectivity index (χ1v) is 9.32. The second-order valence-corrected chi connectivity index (χ2v) is 6.64. The zero-order valence-corrected chi connectivity index (χ0v) is 15.9. The fourth-order valence-corrected chi connectivity index (χ4v) is 3.21. The van der Waals surface area contributed by atoms with Crippen LogP contribution in [0.2, 0.25) is 0 Å². The van der Waals surface area contributed by atoms with Crippen LogP contribution in [0, 0.1) is 0 Å². The van der Waals surface area contributed by atoms with Crippen molar-refractivity contribution in [3.63, 3.8) is 0 Å². The summed E-state index contributed by atoms with van der Waals surface area (Å²) in [5.41, 5.74) is 0.417. The first kappa shape index (κ1) is 20.0. The molecule has 0 fully saturated rings. The molecule has 3 rings (SSSR count). The molecule has 0 saturated heterocycles. The second-order valence-electron chi connectivity index (χ2n) is 6.64. The SMILES string of the molecule is COC(=O)[C@@]1(CO)N=C(c2ccccc2)O[C@H]1CCCOCc1ccccc1. The molecule has 1 aliphatic rings. The predicted octanol–water partition coefficient (Wildman–Crippen LogP) is 2.73. The number of methoxy groups -OCH3 is 1. The Hall–Kier alpha value is -2.70. The summed E-state index contributed by atoms with van der Waals surface area (Å²) in [5.74, 6) is -0.258. The molecule has 6 heteroatoms. The lowest BCUT2D eigenvalue weighted by atomic mass is 9.91. The Kier molecular flexibility index (Phi) is 6.79. The molecule has 0 aromatic heterocycles. The summed E-state index contributed by atoms with van der Waals surface area (Å²) in [7, 11) is 1.29. The maximum Gasteiger partial charge on any atom is 0.340 e. The van der Waals surface area contributed by atoms with Crippen molar-refractivity contribution < 1.29 is 24.1 Å². The minimum absolute atomic E-state index is 0.343. The molecule has 148 valence electrons. The molecule has 0 aliphatic carbocycles. The van der Waals surface area contributed by atoms with Crippen molar-refractivity contribution in [1.29, 1.82) is 0 Å². The molecule has 0 amide bonds. The number of nitrogens with zero attached hydrogens (tertiary/aromatic N) is 1. The third-order valence-electron chi connectivity index (χ3n) is 4.75. The fourth-order valence-electron chi connectivity index (χ4n) is 3.21. The van der Waals surface area contributed by atoms with E-state index in [0.29, 0.717) is 32.0 Å². The zero-order valence-electron chi connectivity index (χ0n) is 15.9. The van der Waals surface area contributed by atoms with Gasteiger partial charge in [-0.25, -0.2) is 9.79 Å². The smallest absolute Gasteiger partial charge is 0.340 e. The molecule has 2 aromatic carbocycles. The molecule has 0 saturated carbocycles. The molecule has 0 bridgehead atoms. The van der Waals surface area contributed by atoms with Crippen molar-refractivity contribution in [2.24, 2.45) is 4.99 Å². The average Bonchev–Trinajstić information content (AvgIpc) is 3.14. The molecule has 0 unspecified atom stereocenters. The molecule has 1 aliphatic heterocycles. The normalized spacial score (nSPS) is 21.1. The van der Waals surface area contributed by atoms with Gasteiger partial charge in [-0.3, -0.25) is 0 Å². The number of aliphatic hydroxyl groups is 1. The van der Waals surface area contributed by atoms with Gasteiger partial charge < -0.3 is 19.3 Å². The molecule has 1 heterocycles. The Balaban J connectivity index is 1.62. The van der Waals surface area contributed by atoms with Gasteiger partial charge in [0.05, 0.1) is 20.3 Å². The van der Waals surface area contributed by atoms with E-state index in [-0.39, 0.29) is 0 Å². The highest BCUT2D eigenvalue weighted by atomic mass is 16.5. The van der Waals surface area contributed by atoms with Crippen LogP contribution >= 0.6 is 0 Å². The summed E-state index contributed by atoms with van der Waals surface area (Å²) in [6.07, 6.45) is 0.554. The van der Waals surface area contributed by atoms with Crippen LogP contribution in [0.1, 0.15) is 24.0 Å². The molecule has 2 aromatic rings. The van der Waals surface area contributed by atoms with E-state index in [2.05, 4.69) is 4.99 Å². The number of esters is 1. The monoisotopic (exact) mass is 383 g/mol. The van der Waals surface area contributed by atoms with E-state index in [1.165, 1.54) is 7.11 Å². The number of rotatable bonds is 9. The summed E-state index contributed by atoms with van der Waals surface area (Å²) >= 11 is 0. The van der Waals surface area contributed by atoms with Gasteiger partial charge >= 0.3 is 5.97 Å².